The summed E-state index contributed by atoms with van der Waals surface area (Å²) in [5, 5.41) is 3.21. The Morgan fingerprint density at radius 1 is 1.00 bits per heavy atom. The van der Waals surface area contributed by atoms with Gasteiger partial charge in [-0.05, 0) is 61.3 Å². The van der Waals surface area contributed by atoms with Gasteiger partial charge in [0, 0.05) is 23.4 Å². The van der Waals surface area contributed by atoms with Crippen LogP contribution in [0.2, 0.25) is 0 Å². The zero-order valence-corrected chi connectivity index (χ0v) is 15.5. The number of pyridine rings is 1. The lowest BCUT2D eigenvalue weighted by Gasteiger charge is -2.37. The van der Waals surface area contributed by atoms with E-state index < -0.39 is 0 Å². The fourth-order valence-electron chi connectivity index (χ4n) is 3.70. The second-order valence-electron chi connectivity index (χ2n) is 8.18. The zero-order valence-electron chi connectivity index (χ0n) is 15.5. The van der Waals surface area contributed by atoms with Gasteiger partial charge in [-0.25, -0.2) is 0 Å². The molecular weight excluding hydrogens is 308 g/mol. The number of hydrogen-bond acceptors (Lipinski definition) is 2. The Morgan fingerprint density at radius 2 is 1.68 bits per heavy atom. The molecule has 1 aromatic heterocycles. The van der Waals surface area contributed by atoms with Gasteiger partial charge in [-0.3, -0.25) is 9.78 Å². The van der Waals surface area contributed by atoms with Crippen LogP contribution >= 0.6 is 0 Å². The maximum absolute atomic E-state index is 12.5. The molecule has 1 heterocycles. The molecule has 1 saturated carbocycles. The number of nitrogens with zero attached hydrogens (tertiary/aromatic N) is 1. The van der Waals surface area contributed by atoms with Crippen LogP contribution in [0.25, 0.3) is 11.3 Å². The molecule has 1 aromatic carbocycles. The van der Waals surface area contributed by atoms with Gasteiger partial charge in [0.15, 0.2) is 0 Å². The van der Waals surface area contributed by atoms with E-state index in [-0.39, 0.29) is 5.91 Å². The molecule has 1 N–H and O–H groups in total. The van der Waals surface area contributed by atoms with Crippen molar-refractivity contribution in [2.45, 2.75) is 52.5 Å². The lowest BCUT2D eigenvalue weighted by atomic mass is 9.71. The first-order chi connectivity index (χ1) is 11.9. The second kappa shape index (κ2) is 7.38. The Balaban J connectivity index is 1.57. The summed E-state index contributed by atoms with van der Waals surface area (Å²) in [6.45, 7) is 6.96. The second-order valence-corrected chi connectivity index (χ2v) is 8.18. The average Bonchev–Trinajstić information content (AvgIpc) is 2.62. The Bertz CT molecular complexity index is 693. The van der Waals surface area contributed by atoms with E-state index in [4.69, 9.17) is 0 Å². The summed E-state index contributed by atoms with van der Waals surface area (Å²) >= 11 is 0. The molecule has 3 rings (SSSR count). The summed E-state index contributed by atoms with van der Waals surface area (Å²) in [7, 11) is 0. The summed E-state index contributed by atoms with van der Waals surface area (Å²) in [6, 6.07) is 13.9. The Morgan fingerprint density at radius 3 is 2.24 bits per heavy atom. The Hall–Kier alpha value is -2.16. The van der Waals surface area contributed by atoms with Crippen LogP contribution in [0.4, 0.5) is 0 Å². The standard InChI is InChI=1S/C22H28N2O/c1-22(2,3)18-11-13-19(14-12-18)24-21(25)17-9-7-16(8-10-17)20-6-4-5-15-23-20/h4-10,15,18-19H,11-14H2,1-3H3,(H,24,25). The van der Waals surface area contributed by atoms with Crippen LogP contribution in [0.3, 0.4) is 0 Å². The van der Waals surface area contributed by atoms with Crippen molar-refractivity contribution in [2.24, 2.45) is 11.3 Å². The minimum Gasteiger partial charge on any atom is -0.349 e. The monoisotopic (exact) mass is 336 g/mol. The van der Waals surface area contributed by atoms with Crippen LogP contribution in [-0.2, 0) is 0 Å². The van der Waals surface area contributed by atoms with Crippen LogP contribution in [0, 0.1) is 11.3 Å². The van der Waals surface area contributed by atoms with Crippen LogP contribution in [0.1, 0.15) is 56.8 Å². The molecule has 1 amide bonds. The smallest absolute Gasteiger partial charge is 0.251 e. The van der Waals surface area contributed by atoms with Crippen molar-refractivity contribution in [3.8, 4) is 11.3 Å². The predicted octanol–water partition coefficient (Wildman–Crippen LogP) is 5.08. The minimum atomic E-state index is 0.0341. The SMILES string of the molecule is CC(C)(C)C1CCC(NC(=O)c2ccc(-c3ccccn3)cc2)CC1. The molecule has 2 aromatic rings. The van der Waals surface area contributed by atoms with E-state index in [1.807, 2.05) is 42.5 Å². The fraction of sp³-hybridized carbons (Fsp3) is 0.455. The highest BCUT2D eigenvalue weighted by atomic mass is 16.1. The normalized spacial score (nSPS) is 20.9. The molecule has 0 radical (unpaired) electrons. The van der Waals surface area contributed by atoms with E-state index in [1.165, 1.54) is 12.8 Å². The van der Waals surface area contributed by atoms with Gasteiger partial charge in [0.2, 0.25) is 0 Å². The molecule has 0 saturated heterocycles. The molecule has 25 heavy (non-hydrogen) atoms. The summed E-state index contributed by atoms with van der Waals surface area (Å²) in [6.07, 6.45) is 6.35. The first kappa shape index (κ1) is 17.7. The van der Waals surface area contributed by atoms with E-state index in [0.717, 1.165) is 35.6 Å². The highest BCUT2D eigenvalue weighted by Gasteiger charge is 2.30. The maximum atomic E-state index is 12.5. The van der Waals surface area contributed by atoms with E-state index in [1.54, 1.807) is 6.20 Å². The molecule has 3 heteroatoms. The first-order valence-electron chi connectivity index (χ1n) is 9.26. The summed E-state index contributed by atoms with van der Waals surface area (Å²) in [5.74, 6) is 0.796. The summed E-state index contributed by atoms with van der Waals surface area (Å²) < 4.78 is 0. The number of carbonyl (C=O) groups excluding carboxylic acids is 1. The van der Waals surface area contributed by atoms with Gasteiger partial charge in [-0.2, -0.15) is 0 Å². The van der Waals surface area contributed by atoms with Crippen molar-refractivity contribution in [3.63, 3.8) is 0 Å². The third kappa shape index (κ3) is 4.47. The Kier molecular flexibility index (Phi) is 5.22. The van der Waals surface area contributed by atoms with Crippen molar-refractivity contribution < 1.29 is 4.79 Å². The molecule has 0 aliphatic heterocycles. The van der Waals surface area contributed by atoms with Gasteiger partial charge in [0.1, 0.15) is 0 Å². The van der Waals surface area contributed by atoms with Crippen LogP contribution in [0.5, 0.6) is 0 Å². The predicted molar refractivity (Wildman–Crippen MR) is 102 cm³/mol. The van der Waals surface area contributed by atoms with E-state index in [9.17, 15) is 4.79 Å². The number of aromatic nitrogens is 1. The summed E-state index contributed by atoms with van der Waals surface area (Å²) in [5.41, 5.74) is 3.05. The van der Waals surface area contributed by atoms with Crippen LogP contribution in [-0.4, -0.2) is 16.9 Å². The number of hydrogen-bond donors (Lipinski definition) is 1. The zero-order chi connectivity index (χ0) is 17.9. The van der Waals surface area contributed by atoms with E-state index in [2.05, 4.69) is 31.1 Å². The molecule has 1 aliphatic rings. The van der Waals surface area contributed by atoms with Crippen LogP contribution < -0.4 is 5.32 Å². The van der Waals surface area contributed by atoms with Gasteiger partial charge in [0.25, 0.3) is 5.91 Å². The number of benzene rings is 1. The van der Waals surface area contributed by atoms with Gasteiger partial charge < -0.3 is 5.32 Å². The van der Waals surface area contributed by atoms with Crippen LogP contribution in [0.15, 0.2) is 48.7 Å². The lowest BCUT2D eigenvalue weighted by molar-refractivity contribution is 0.0904. The van der Waals surface area contributed by atoms with Crippen molar-refractivity contribution >= 4 is 5.91 Å². The van der Waals surface area contributed by atoms with Gasteiger partial charge >= 0.3 is 0 Å². The van der Waals surface area contributed by atoms with Crippen molar-refractivity contribution in [2.75, 3.05) is 0 Å². The highest BCUT2D eigenvalue weighted by molar-refractivity contribution is 5.94. The first-order valence-corrected chi connectivity index (χ1v) is 9.26. The fourth-order valence-corrected chi connectivity index (χ4v) is 3.70. The number of nitrogens with one attached hydrogen (secondary N) is 1. The molecule has 1 fully saturated rings. The molecular formula is C22H28N2O. The van der Waals surface area contributed by atoms with Gasteiger partial charge in [-0.15, -0.1) is 0 Å². The van der Waals surface area contributed by atoms with Crippen molar-refractivity contribution in [1.82, 2.24) is 10.3 Å². The number of amides is 1. The molecule has 1 aliphatic carbocycles. The molecule has 0 bridgehead atoms. The quantitative estimate of drug-likeness (QED) is 0.849. The average molecular weight is 336 g/mol. The third-order valence-electron chi connectivity index (χ3n) is 5.39. The number of carbonyl (C=O) groups is 1. The third-order valence-corrected chi connectivity index (χ3v) is 5.39. The Labute approximate surface area is 150 Å². The van der Waals surface area contributed by atoms with Crippen molar-refractivity contribution in [3.05, 3.63) is 54.2 Å². The van der Waals surface area contributed by atoms with E-state index >= 15 is 0 Å². The lowest BCUT2D eigenvalue weighted by Crippen LogP contribution is -2.39. The highest BCUT2D eigenvalue weighted by Crippen LogP contribution is 2.37. The summed E-state index contributed by atoms with van der Waals surface area (Å²) in [4.78, 5) is 16.9. The molecule has 0 atom stereocenters. The molecule has 0 unspecified atom stereocenters. The molecule has 3 nitrogen and oxygen atoms in total. The van der Waals surface area contributed by atoms with Crippen molar-refractivity contribution in [1.29, 1.82) is 0 Å². The van der Waals surface area contributed by atoms with Gasteiger partial charge in [0.05, 0.1) is 5.69 Å². The number of rotatable bonds is 3. The molecule has 132 valence electrons. The topological polar surface area (TPSA) is 42.0 Å². The largest absolute Gasteiger partial charge is 0.349 e. The van der Waals surface area contributed by atoms with Gasteiger partial charge in [-0.1, -0.05) is 39.0 Å². The minimum absolute atomic E-state index is 0.0341. The van der Waals surface area contributed by atoms with E-state index in [0.29, 0.717) is 11.5 Å². The maximum Gasteiger partial charge on any atom is 0.251 e. The molecule has 0 spiro atoms.